The lowest BCUT2D eigenvalue weighted by molar-refractivity contribution is -0.0200. The Morgan fingerprint density at radius 2 is 2.13 bits per heavy atom. The van der Waals surface area contributed by atoms with Gasteiger partial charge in [-0.3, -0.25) is 9.88 Å². The summed E-state index contributed by atoms with van der Waals surface area (Å²) in [5.41, 5.74) is 2.06. The van der Waals surface area contributed by atoms with E-state index in [2.05, 4.69) is 25.0 Å². The number of hydrogen-bond donors (Lipinski definition) is 0. The van der Waals surface area contributed by atoms with Crippen LogP contribution in [0.25, 0.3) is 26.8 Å². The van der Waals surface area contributed by atoms with E-state index in [4.69, 9.17) is 11.1 Å². The van der Waals surface area contributed by atoms with Gasteiger partial charge in [-0.2, -0.15) is 4.98 Å². The van der Waals surface area contributed by atoms with Crippen molar-refractivity contribution in [2.75, 3.05) is 20.1 Å². The molecule has 3 aromatic heterocycles. The van der Waals surface area contributed by atoms with Crippen LogP contribution in [0.3, 0.4) is 0 Å². The number of alkyl halides is 2. The summed E-state index contributed by atoms with van der Waals surface area (Å²) in [6, 6.07) is 3.95. The van der Waals surface area contributed by atoms with Crippen molar-refractivity contribution in [2.24, 2.45) is 0 Å². The monoisotopic (exact) mass is 409 g/mol. The number of rotatable bonds is 3. The fourth-order valence-corrected chi connectivity index (χ4v) is 4.13. The third-order valence-electron chi connectivity index (χ3n) is 5.35. The molecule has 152 valence electrons. The van der Waals surface area contributed by atoms with Gasteiger partial charge in [0, 0.05) is 18.9 Å². The molecule has 1 unspecified atom stereocenters. The van der Waals surface area contributed by atoms with Gasteiger partial charge in [-0.1, -0.05) is 11.2 Å². The highest BCUT2D eigenvalue weighted by Gasteiger charge is 2.49. The zero-order chi connectivity index (χ0) is 21.0. The molecular weight excluding hydrogens is 392 g/mol. The first kappa shape index (κ1) is 18.6. The van der Waals surface area contributed by atoms with E-state index in [0.29, 0.717) is 45.2 Å². The number of fused-ring (bicyclic) bond motifs is 3. The maximum absolute atomic E-state index is 15.0. The van der Waals surface area contributed by atoms with Crippen LogP contribution in [0.2, 0.25) is 0 Å². The maximum Gasteiger partial charge on any atom is 0.282 e. The molecule has 5 rings (SSSR count). The summed E-state index contributed by atoms with van der Waals surface area (Å²) >= 11 is 0. The van der Waals surface area contributed by atoms with Gasteiger partial charge >= 0.3 is 0 Å². The predicted molar refractivity (Wildman–Crippen MR) is 105 cm³/mol. The molecule has 10 heteroatoms. The fraction of sp³-hybridized carbons (Fsp3) is 0.350. The zero-order valence-electron chi connectivity index (χ0n) is 16.3. The van der Waals surface area contributed by atoms with E-state index in [1.807, 2.05) is 0 Å². The molecule has 4 aromatic rings. The standard InChI is InChI=1S/C20H17F2N7O/c1-11-25-17(27-30-11)7-18-26-15-8-24-14-5-4-12(23-2)6-13(14)19(15)29(18)16-9-28(3)10-20(16,21)22/h4-6,8,16H,7,9-10H2,1,3H3. The molecule has 0 spiro atoms. The summed E-state index contributed by atoms with van der Waals surface area (Å²) in [5, 5.41) is 4.52. The van der Waals surface area contributed by atoms with Crippen LogP contribution in [-0.4, -0.2) is 55.6 Å². The fourth-order valence-electron chi connectivity index (χ4n) is 4.13. The van der Waals surface area contributed by atoms with Crippen molar-refractivity contribution in [1.29, 1.82) is 0 Å². The highest BCUT2D eigenvalue weighted by atomic mass is 19.3. The van der Waals surface area contributed by atoms with Crippen LogP contribution in [0.5, 0.6) is 0 Å². The third-order valence-corrected chi connectivity index (χ3v) is 5.35. The number of aryl methyl sites for hydroxylation is 1. The average molecular weight is 409 g/mol. The first-order chi connectivity index (χ1) is 14.4. The number of likely N-dealkylation sites (N-methyl/N-ethyl adjacent to an activating group) is 1. The van der Waals surface area contributed by atoms with Crippen LogP contribution >= 0.6 is 0 Å². The second-order valence-electron chi connectivity index (χ2n) is 7.58. The zero-order valence-corrected chi connectivity index (χ0v) is 16.3. The van der Waals surface area contributed by atoms with E-state index in [1.54, 1.807) is 47.8 Å². The molecule has 0 saturated carbocycles. The molecule has 0 radical (unpaired) electrons. The molecule has 1 aliphatic rings. The molecule has 1 aliphatic heterocycles. The summed E-state index contributed by atoms with van der Waals surface area (Å²) in [6.07, 6.45) is 1.72. The smallest absolute Gasteiger partial charge is 0.282 e. The molecule has 1 aromatic carbocycles. The van der Waals surface area contributed by atoms with Gasteiger partial charge in [0.25, 0.3) is 5.92 Å². The van der Waals surface area contributed by atoms with E-state index in [1.165, 1.54) is 0 Å². The van der Waals surface area contributed by atoms with Crippen LogP contribution in [0.4, 0.5) is 14.5 Å². The number of likely N-dealkylation sites (tertiary alicyclic amines) is 1. The number of aromatic nitrogens is 5. The molecule has 0 bridgehead atoms. The summed E-state index contributed by atoms with van der Waals surface area (Å²) in [7, 11) is 1.67. The van der Waals surface area contributed by atoms with E-state index in [-0.39, 0.29) is 19.5 Å². The maximum atomic E-state index is 15.0. The Bertz CT molecular complexity index is 1320. The summed E-state index contributed by atoms with van der Waals surface area (Å²) in [4.78, 5) is 18.3. The lowest BCUT2D eigenvalue weighted by Crippen LogP contribution is -2.30. The van der Waals surface area contributed by atoms with Crippen LogP contribution in [0, 0.1) is 13.5 Å². The van der Waals surface area contributed by atoms with Crippen molar-refractivity contribution in [3.63, 3.8) is 0 Å². The Kier molecular flexibility index (Phi) is 4.04. The predicted octanol–water partition coefficient (Wildman–Crippen LogP) is 3.54. The number of nitrogens with zero attached hydrogens (tertiary/aromatic N) is 7. The average Bonchev–Trinajstić information content (AvgIpc) is 3.35. The normalized spacial score (nSPS) is 19.0. The molecule has 0 N–H and O–H groups in total. The molecule has 1 fully saturated rings. The Hall–Kier alpha value is -3.45. The van der Waals surface area contributed by atoms with E-state index >= 15 is 8.78 Å². The molecule has 30 heavy (non-hydrogen) atoms. The molecule has 1 saturated heterocycles. The Labute approximate surface area is 170 Å². The van der Waals surface area contributed by atoms with Crippen molar-refractivity contribution in [3.8, 4) is 0 Å². The van der Waals surface area contributed by atoms with Gasteiger partial charge in [-0.15, -0.1) is 0 Å². The Morgan fingerprint density at radius 3 is 2.80 bits per heavy atom. The molecule has 0 aliphatic carbocycles. The van der Waals surface area contributed by atoms with Crippen LogP contribution in [0.15, 0.2) is 28.9 Å². The minimum atomic E-state index is -2.95. The number of hydrogen-bond acceptors (Lipinski definition) is 6. The van der Waals surface area contributed by atoms with Gasteiger partial charge in [0.05, 0.1) is 36.8 Å². The molecule has 0 amide bonds. The van der Waals surface area contributed by atoms with Crippen molar-refractivity contribution < 1.29 is 13.3 Å². The highest BCUT2D eigenvalue weighted by Crippen LogP contribution is 2.40. The van der Waals surface area contributed by atoms with E-state index < -0.39 is 12.0 Å². The SMILES string of the molecule is [C-]#[N+]c1ccc2ncc3nc(Cc4noc(C)n4)n(C4CN(C)CC4(F)F)c3c2c1. The van der Waals surface area contributed by atoms with Gasteiger partial charge < -0.3 is 9.09 Å². The van der Waals surface area contributed by atoms with Crippen molar-refractivity contribution in [1.82, 2.24) is 29.6 Å². The first-order valence-corrected chi connectivity index (χ1v) is 9.38. The first-order valence-electron chi connectivity index (χ1n) is 9.38. The van der Waals surface area contributed by atoms with E-state index in [9.17, 15) is 0 Å². The minimum absolute atomic E-state index is 0.145. The van der Waals surface area contributed by atoms with Crippen LogP contribution < -0.4 is 0 Å². The number of halogens is 2. The summed E-state index contributed by atoms with van der Waals surface area (Å²) in [5.74, 6) is -1.77. The van der Waals surface area contributed by atoms with Crippen molar-refractivity contribution in [3.05, 3.63) is 53.4 Å². The van der Waals surface area contributed by atoms with E-state index in [0.717, 1.165) is 0 Å². The van der Waals surface area contributed by atoms with Crippen LogP contribution in [-0.2, 0) is 6.42 Å². The lowest BCUT2D eigenvalue weighted by atomic mass is 10.1. The van der Waals surface area contributed by atoms with Gasteiger partial charge in [0.2, 0.25) is 5.89 Å². The highest BCUT2D eigenvalue weighted by molar-refractivity contribution is 6.03. The lowest BCUT2D eigenvalue weighted by Gasteiger charge is -2.22. The number of benzene rings is 1. The molecule has 4 heterocycles. The summed E-state index contributed by atoms with van der Waals surface area (Å²) < 4.78 is 36.6. The van der Waals surface area contributed by atoms with Gasteiger partial charge in [-0.25, -0.2) is 18.6 Å². The van der Waals surface area contributed by atoms with Gasteiger partial charge in [0.15, 0.2) is 11.5 Å². The van der Waals surface area contributed by atoms with Crippen LogP contribution in [0.1, 0.15) is 23.6 Å². The van der Waals surface area contributed by atoms with Crippen molar-refractivity contribution in [2.45, 2.75) is 25.3 Å². The minimum Gasteiger partial charge on any atom is -0.340 e. The van der Waals surface area contributed by atoms with Gasteiger partial charge in [-0.05, 0) is 19.2 Å². The number of pyridine rings is 1. The van der Waals surface area contributed by atoms with Crippen molar-refractivity contribution >= 4 is 27.6 Å². The molecule has 8 nitrogen and oxygen atoms in total. The van der Waals surface area contributed by atoms with Gasteiger partial charge in [0.1, 0.15) is 17.4 Å². The number of imidazole rings is 1. The quantitative estimate of drug-likeness (QED) is 0.482. The molecule has 1 atom stereocenters. The third kappa shape index (κ3) is 2.90. The topological polar surface area (TPSA) is 77.2 Å². The summed E-state index contributed by atoms with van der Waals surface area (Å²) in [6.45, 7) is 8.82. The Balaban J connectivity index is 1.80. The Morgan fingerprint density at radius 1 is 1.30 bits per heavy atom. The molecular formula is C20H17F2N7O. The second kappa shape index (κ2) is 6.53. The second-order valence-corrected chi connectivity index (χ2v) is 7.58. The largest absolute Gasteiger partial charge is 0.340 e.